The number of anilines is 1. The number of aliphatic carboxylic acids is 1. The molecule has 5 nitrogen and oxygen atoms in total. The van der Waals surface area contributed by atoms with Gasteiger partial charge in [0, 0.05) is 12.1 Å². The molecule has 1 atom stereocenters. The zero-order chi connectivity index (χ0) is 14.8. The van der Waals surface area contributed by atoms with Crippen LogP contribution in [0.3, 0.4) is 0 Å². The maximum absolute atomic E-state index is 12.0. The minimum absolute atomic E-state index is 0.0470. The van der Waals surface area contributed by atoms with Crippen LogP contribution in [0.1, 0.15) is 31.7 Å². The number of nitrogens with two attached hydrogens (primary N) is 1. The Labute approximate surface area is 118 Å². The Hall–Kier alpha value is -2.04. The number of carbonyl (C=O) groups excluding carboxylic acids is 1. The summed E-state index contributed by atoms with van der Waals surface area (Å²) in [5, 5.41) is 12.0. The van der Waals surface area contributed by atoms with E-state index in [1.165, 1.54) is 0 Å². The molecule has 4 N–H and O–H groups in total. The highest BCUT2D eigenvalue weighted by Crippen LogP contribution is 2.39. The summed E-state index contributed by atoms with van der Waals surface area (Å²) in [6, 6.07) is 7.38. The van der Waals surface area contributed by atoms with E-state index >= 15 is 0 Å². The van der Waals surface area contributed by atoms with Crippen molar-refractivity contribution in [1.29, 1.82) is 0 Å². The van der Waals surface area contributed by atoms with Crippen molar-refractivity contribution in [2.75, 3.05) is 5.73 Å². The van der Waals surface area contributed by atoms with E-state index in [-0.39, 0.29) is 18.2 Å². The van der Waals surface area contributed by atoms with E-state index in [4.69, 9.17) is 5.73 Å². The minimum atomic E-state index is -1.14. The molecule has 0 saturated heterocycles. The summed E-state index contributed by atoms with van der Waals surface area (Å²) in [5.41, 5.74) is 6.24. The fourth-order valence-electron chi connectivity index (χ4n) is 2.35. The lowest BCUT2D eigenvalue weighted by Crippen LogP contribution is -2.54. The molecule has 108 valence electrons. The van der Waals surface area contributed by atoms with Gasteiger partial charge in [0.25, 0.3) is 0 Å². The van der Waals surface area contributed by atoms with Crippen molar-refractivity contribution in [3.8, 4) is 0 Å². The molecular weight excluding hydrogens is 256 g/mol. The average Bonchev–Trinajstić information content (AvgIpc) is 3.22. The first-order valence-corrected chi connectivity index (χ1v) is 6.81. The summed E-state index contributed by atoms with van der Waals surface area (Å²) < 4.78 is 0. The van der Waals surface area contributed by atoms with Gasteiger partial charge in [0.15, 0.2) is 0 Å². The van der Waals surface area contributed by atoms with Crippen LogP contribution in [0.5, 0.6) is 0 Å². The normalized spacial score (nSPS) is 17.2. The van der Waals surface area contributed by atoms with Gasteiger partial charge in [-0.3, -0.25) is 4.79 Å². The van der Waals surface area contributed by atoms with Gasteiger partial charge in [-0.1, -0.05) is 18.2 Å². The Bertz CT molecular complexity index is 526. The van der Waals surface area contributed by atoms with Crippen molar-refractivity contribution in [3.63, 3.8) is 0 Å². The lowest BCUT2D eigenvalue weighted by atomic mass is 9.95. The zero-order valence-corrected chi connectivity index (χ0v) is 11.6. The second-order valence-electron chi connectivity index (χ2n) is 5.53. The van der Waals surface area contributed by atoms with Crippen molar-refractivity contribution in [1.82, 2.24) is 5.32 Å². The Morgan fingerprint density at radius 3 is 2.60 bits per heavy atom. The van der Waals surface area contributed by atoms with Crippen LogP contribution >= 0.6 is 0 Å². The van der Waals surface area contributed by atoms with Gasteiger partial charge < -0.3 is 16.2 Å². The molecule has 0 radical (unpaired) electrons. The van der Waals surface area contributed by atoms with Crippen molar-refractivity contribution in [2.24, 2.45) is 5.92 Å². The van der Waals surface area contributed by atoms with Gasteiger partial charge in [0.05, 0.1) is 0 Å². The van der Waals surface area contributed by atoms with Gasteiger partial charge in [-0.2, -0.15) is 0 Å². The molecular formula is C15H20N2O3. The molecule has 1 saturated carbocycles. The number of hydrogen-bond donors (Lipinski definition) is 3. The highest BCUT2D eigenvalue weighted by Gasteiger charge is 2.48. The first-order chi connectivity index (χ1) is 9.43. The largest absolute Gasteiger partial charge is 0.480 e. The molecule has 1 fully saturated rings. The van der Waals surface area contributed by atoms with Gasteiger partial charge in [-0.15, -0.1) is 0 Å². The fourth-order valence-corrected chi connectivity index (χ4v) is 2.35. The summed E-state index contributed by atoms with van der Waals surface area (Å²) >= 11 is 0. The molecule has 1 unspecified atom stereocenters. The molecule has 0 aliphatic heterocycles. The van der Waals surface area contributed by atoms with Crippen molar-refractivity contribution in [3.05, 3.63) is 29.8 Å². The number of nitrogens with one attached hydrogen (secondary N) is 1. The molecule has 0 heterocycles. The smallest absolute Gasteiger partial charge is 0.329 e. The Balaban J connectivity index is 1.92. The van der Waals surface area contributed by atoms with Crippen LogP contribution < -0.4 is 11.1 Å². The van der Waals surface area contributed by atoms with E-state index in [0.717, 1.165) is 18.4 Å². The molecule has 1 aliphatic carbocycles. The maximum Gasteiger partial charge on any atom is 0.329 e. The van der Waals surface area contributed by atoms with E-state index in [1.54, 1.807) is 13.0 Å². The van der Waals surface area contributed by atoms with Crippen LogP contribution in [0.4, 0.5) is 5.69 Å². The number of carbonyl (C=O) groups is 2. The average molecular weight is 276 g/mol. The van der Waals surface area contributed by atoms with Gasteiger partial charge in [0.1, 0.15) is 5.54 Å². The zero-order valence-electron chi connectivity index (χ0n) is 11.6. The summed E-state index contributed by atoms with van der Waals surface area (Å²) in [6.45, 7) is 1.59. The number of para-hydroxylation sites is 1. The quantitative estimate of drug-likeness (QED) is 0.688. The van der Waals surface area contributed by atoms with E-state index in [1.807, 2.05) is 18.2 Å². The SMILES string of the molecule is CC(NC(=O)CCc1ccccc1N)(C(=O)O)C1CC1. The third-order valence-corrected chi connectivity index (χ3v) is 3.91. The lowest BCUT2D eigenvalue weighted by Gasteiger charge is -2.26. The number of aryl methyl sites for hydroxylation is 1. The second kappa shape index (κ2) is 5.53. The molecule has 1 aromatic carbocycles. The second-order valence-corrected chi connectivity index (χ2v) is 5.53. The highest BCUT2D eigenvalue weighted by molar-refractivity contribution is 5.87. The number of carboxylic acids is 1. The number of hydrogen-bond acceptors (Lipinski definition) is 3. The molecule has 5 heteroatoms. The molecule has 0 aromatic heterocycles. The maximum atomic E-state index is 12.0. The molecule has 2 rings (SSSR count). The van der Waals surface area contributed by atoms with Crippen LogP contribution in [-0.4, -0.2) is 22.5 Å². The fraction of sp³-hybridized carbons (Fsp3) is 0.467. The van der Waals surface area contributed by atoms with Crippen LogP contribution in [0.25, 0.3) is 0 Å². The Kier molecular flexibility index (Phi) is 3.97. The van der Waals surface area contributed by atoms with E-state index < -0.39 is 11.5 Å². The van der Waals surface area contributed by atoms with E-state index in [0.29, 0.717) is 12.1 Å². The molecule has 20 heavy (non-hydrogen) atoms. The first kappa shape index (κ1) is 14.4. The third-order valence-electron chi connectivity index (χ3n) is 3.91. The van der Waals surface area contributed by atoms with Crippen LogP contribution in [-0.2, 0) is 16.0 Å². The number of rotatable bonds is 6. The van der Waals surface area contributed by atoms with E-state index in [9.17, 15) is 14.7 Å². The highest BCUT2D eigenvalue weighted by atomic mass is 16.4. The van der Waals surface area contributed by atoms with Gasteiger partial charge in [-0.25, -0.2) is 4.79 Å². The van der Waals surface area contributed by atoms with Crippen LogP contribution in [0.15, 0.2) is 24.3 Å². The Morgan fingerprint density at radius 1 is 1.40 bits per heavy atom. The van der Waals surface area contributed by atoms with Crippen LogP contribution in [0, 0.1) is 5.92 Å². The van der Waals surface area contributed by atoms with Crippen molar-refractivity contribution in [2.45, 2.75) is 38.1 Å². The predicted molar refractivity (Wildman–Crippen MR) is 76.1 cm³/mol. The molecule has 0 spiro atoms. The van der Waals surface area contributed by atoms with E-state index in [2.05, 4.69) is 5.32 Å². The summed E-state index contributed by atoms with van der Waals surface area (Å²) in [6.07, 6.45) is 2.46. The number of amides is 1. The van der Waals surface area contributed by atoms with Gasteiger partial charge >= 0.3 is 5.97 Å². The summed E-state index contributed by atoms with van der Waals surface area (Å²) in [5.74, 6) is -1.16. The number of benzene rings is 1. The predicted octanol–water partition coefficient (Wildman–Crippen LogP) is 1.57. The topological polar surface area (TPSA) is 92.4 Å². The summed E-state index contributed by atoms with van der Waals surface area (Å²) in [4.78, 5) is 23.3. The van der Waals surface area contributed by atoms with Gasteiger partial charge in [0.2, 0.25) is 5.91 Å². The molecule has 1 aromatic rings. The van der Waals surface area contributed by atoms with Crippen molar-refractivity contribution >= 4 is 17.6 Å². The third kappa shape index (κ3) is 3.10. The lowest BCUT2D eigenvalue weighted by molar-refractivity contribution is -0.147. The molecule has 1 aliphatic rings. The number of carboxylic acid groups (broad SMARTS) is 1. The van der Waals surface area contributed by atoms with Crippen LogP contribution in [0.2, 0.25) is 0 Å². The van der Waals surface area contributed by atoms with Crippen molar-refractivity contribution < 1.29 is 14.7 Å². The minimum Gasteiger partial charge on any atom is -0.480 e. The molecule has 0 bridgehead atoms. The standard InChI is InChI=1S/C15H20N2O3/c1-15(14(19)20,11-7-8-11)17-13(18)9-6-10-4-2-3-5-12(10)16/h2-5,11H,6-9,16H2,1H3,(H,17,18)(H,19,20). The first-order valence-electron chi connectivity index (χ1n) is 6.81. The number of nitrogen functional groups attached to an aromatic ring is 1. The monoisotopic (exact) mass is 276 g/mol. The summed E-state index contributed by atoms with van der Waals surface area (Å²) in [7, 11) is 0. The molecule has 1 amide bonds. The Morgan fingerprint density at radius 2 is 2.05 bits per heavy atom. The van der Waals surface area contributed by atoms with Gasteiger partial charge in [-0.05, 0) is 43.7 Å².